The Morgan fingerprint density at radius 1 is 1.35 bits per heavy atom. The van der Waals surface area contributed by atoms with Crippen LogP contribution in [0.15, 0.2) is 10.9 Å². The smallest absolute Gasteiger partial charge is 0.253 e. The first-order valence-electron chi connectivity index (χ1n) is 6.76. The summed E-state index contributed by atoms with van der Waals surface area (Å²) in [6.45, 7) is 6.11. The Bertz CT molecular complexity index is 510. The number of nitrogens with zero attached hydrogens (tertiary/aromatic N) is 1. The molecule has 20 heavy (non-hydrogen) atoms. The van der Waals surface area contributed by atoms with E-state index in [1.54, 1.807) is 0 Å². The Morgan fingerprint density at radius 2 is 2.05 bits per heavy atom. The van der Waals surface area contributed by atoms with Crippen molar-refractivity contribution in [3.05, 3.63) is 33.2 Å². The van der Waals surface area contributed by atoms with Crippen molar-refractivity contribution >= 4 is 17.3 Å². The molecule has 3 N–H and O–H groups in total. The van der Waals surface area contributed by atoms with Crippen LogP contribution in [-0.2, 0) is 6.54 Å². The SMILES string of the molecule is Cc1cc(C)c(CNC(=S)NCCCN(C)C)c(=O)[nH]1. The van der Waals surface area contributed by atoms with E-state index < -0.39 is 0 Å². The third kappa shape index (κ3) is 5.71. The summed E-state index contributed by atoms with van der Waals surface area (Å²) in [6, 6.07) is 1.96. The maximum absolute atomic E-state index is 11.8. The predicted octanol–water partition coefficient (Wildman–Crippen LogP) is 0.908. The molecule has 1 aromatic rings. The van der Waals surface area contributed by atoms with Crippen LogP contribution in [0.3, 0.4) is 0 Å². The van der Waals surface area contributed by atoms with Gasteiger partial charge < -0.3 is 20.5 Å². The fourth-order valence-electron chi connectivity index (χ4n) is 1.93. The third-order valence-corrected chi connectivity index (χ3v) is 3.28. The molecular formula is C14H24N4OS. The van der Waals surface area contributed by atoms with Crippen molar-refractivity contribution in [2.45, 2.75) is 26.8 Å². The van der Waals surface area contributed by atoms with Crippen molar-refractivity contribution in [3.63, 3.8) is 0 Å². The maximum Gasteiger partial charge on any atom is 0.253 e. The minimum absolute atomic E-state index is 0.0505. The van der Waals surface area contributed by atoms with Crippen LogP contribution >= 0.6 is 12.2 Å². The van der Waals surface area contributed by atoms with E-state index in [1.165, 1.54) is 0 Å². The number of H-pyrrole nitrogens is 1. The molecule has 0 fully saturated rings. The van der Waals surface area contributed by atoms with Crippen LogP contribution in [0.2, 0.25) is 0 Å². The van der Waals surface area contributed by atoms with Crippen molar-refractivity contribution in [1.82, 2.24) is 20.5 Å². The van der Waals surface area contributed by atoms with Gasteiger partial charge in [-0.1, -0.05) is 0 Å². The van der Waals surface area contributed by atoms with E-state index >= 15 is 0 Å². The molecule has 0 amide bonds. The minimum atomic E-state index is -0.0505. The highest BCUT2D eigenvalue weighted by molar-refractivity contribution is 7.80. The van der Waals surface area contributed by atoms with Crippen molar-refractivity contribution < 1.29 is 0 Å². The average molecular weight is 296 g/mol. The second-order valence-electron chi connectivity index (χ2n) is 5.21. The van der Waals surface area contributed by atoms with Crippen LogP contribution in [0.5, 0.6) is 0 Å². The van der Waals surface area contributed by atoms with Gasteiger partial charge in [-0.25, -0.2) is 0 Å². The fraction of sp³-hybridized carbons (Fsp3) is 0.571. The first kappa shape index (κ1) is 16.7. The van der Waals surface area contributed by atoms with E-state index in [1.807, 2.05) is 34.0 Å². The Kier molecular flexibility index (Phi) is 6.67. The van der Waals surface area contributed by atoms with E-state index in [0.717, 1.165) is 36.3 Å². The van der Waals surface area contributed by atoms with Crippen molar-refractivity contribution in [2.75, 3.05) is 27.2 Å². The van der Waals surface area contributed by atoms with Crippen LogP contribution in [0.4, 0.5) is 0 Å². The van der Waals surface area contributed by atoms with E-state index in [-0.39, 0.29) is 5.56 Å². The Balaban J connectivity index is 2.40. The van der Waals surface area contributed by atoms with Gasteiger partial charge >= 0.3 is 0 Å². The van der Waals surface area contributed by atoms with Crippen LogP contribution < -0.4 is 16.2 Å². The molecule has 0 saturated heterocycles. The molecule has 1 heterocycles. The summed E-state index contributed by atoms with van der Waals surface area (Å²) < 4.78 is 0. The normalized spacial score (nSPS) is 10.7. The molecule has 0 aromatic carbocycles. The number of aryl methyl sites for hydroxylation is 2. The number of nitrogens with one attached hydrogen (secondary N) is 3. The summed E-state index contributed by atoms with van der Waals surface area (Å²) in [6.07, 6.45) is 1.03. The number of hydrogen-bond donors (Lipinski definition) is 3. The number of rotatable bonds is 6. The lowest BCUT2D eigenvalue weighted by atomic mass is 10.1. The Labute approximate surface area is 125 Å². The molecule has 0 radical (unpaired) electrons. The van der Waals surface area contributed by atoms with E-state index in [0.29, 0.717) is 11.7 Å². The van der Waals surface area contributed by atoms with Gasteiger partial charge in [0.05, 0.1) is 0 Å². The summed E-state index contributed by atoms with van der Waals surface area (Å²) in [4.78, 5) is 16.8. The first-order chi connectivity index (χ1) is 9.40. The topological polar surface area (TPSA) is 60.2 Å². The van der Waals surface area contributed by atoms with Gasteiger partial charge in [0.25, 0.3) is 5.56 Å². The van der Waals surface area contributed by atoms with Gasteiger partial charge in [0.15, 0.2) is 5.11 Å². The number of pyridine rings is 1. The second kappa shape index (κ2) is 8.01. The Hall–Kier alpha value is -1.40. The van der Waals surface area contributed by atoms with Crippen LogP contribution in [0.1, 0.15) is 23.2 Å². The highest BCUT2D eigenvalue weighted by Crippen LogP contribution is 2.02. The number of hydrogen-bond acceptors (Lipinski definition) is 3. The molecule has 6 heteroatoms. The van der Waals surface area contributed by atoms with E-state index in [9.17, 15) is 4.79 Å². The number of thiocarbonyl (C=S) groups is 1. The summed E-state index contributed by atoms with van der Waals surface area (Å²) in [7, 11) is 4.09. The molecule has 0 unspecified atom stereocenters. The molecular weight excluding hydrogens is 272 g/mol. The monoisotopic (exact) mass is 296 g/mol. The summed E-state index contributed by atoms with van der Waals surface area (Å²) in [5.41, 5.74) is 2.54. The predicted molar refractivity (Wildman–Crippen MR) is 87.1 cm³/mol. The second-order valence-corrected chi connectivity index (χ2v) is 5.62. The van der Waals surface area contributed by atoms with Crippen molar-refractivity contribution in [3.8, 4) is 0 Å². The zero-order valence-corrected chi connectivity index (χ0v) is 13.5. The van der Waals surface area contributed by atoms with Gasteiger partial charge in [0.1, 0.15) is 0 Å². The average Bonchev–Trinajstić information content (AvgIpc) is 2.33. The molecule has 1 aromatic heterocycles. The summed E-state index contributed by atoms with van der Waals surface area (Å²) in [5, 5.41) is 6.80. The largest absolute Gasteiger partial charge is 0.363 e. The minimum Gasteiger partial charge on any atom is -0.363 e. The molecule has 0 aliphatic carbocycles. The fourth-order valence-corrected chi connectivity index (χ4v) is 2.10. The molecule has 0 spiro atoms. The zero-order valence-electron chi connectivity index (χ0n) is 12.7. The van der Waals surface area contributed by atoms with Gasteiger partial charge in [-0.05, 0) is 64.8 Å². The molecule has 0 atom stereocenters. The van der Waals surface area contributed by atoms with Gasteiger partial charge in [-0.3, -0.25) is 4.79 Å². The lowest BCUT2D eigenvalue weighted by Gasteiger charge is -2.13. The molecule has 0 aliphatic rings. The molecule has 0 bridgehead atoms. The van der Waals surface area contributed by atoms with Crippen LogP contribution in [0, 0.1) is 13.8 Å². The van der Waals surface area contributed by atoms with Crippen LogP contribution in [-0.4, -0.2) is 42.2 Å². The van der Waals surface area contributed by atoms with Gasteiger partial charge in [0.2, 0.25) is 0 Å². The molecule has 1 rings (SSSR count). The highest BCUT2D eigenvalue weighted by Gasteiger charge is 2.05. The highest BCUT2D eigenvalue weighted by atomic mass is 32.1. The lowest BCUT2D eigenvalue weighted by Crippen LogP contribution is -2.37. The lowest BCUT2D eigenvalue weighted by molar-refractivity contribution is 0.400. The molecule has 5 nitrogen and oxygen atoms in total. The third-order valence-electron chi connectivity index (χ3n) is 2.99. The van der Waals surface area contributed by atoms with Crippen LogP contribution in [0.25, 0.3) is 0 Å². The Morgan fingerprint density at radius 3 is 2.65 bits per heavy atom. The first-order valence-corrected chi connectivity index (χ1v) is 7.17. The quantitative estimate of drug-likeness (QED) is 0.538. The summed E-state index contributed by atoms with van der Waals surface area (Å²) in [5.74, 6) is 0. The molecule has 0 aliphatic heterocycles. The van der Waals surface area contributed by atoms with Crippen molar-refractivity contribution in [2.24, 2.45) is 0 Å². The zero-order chi connectivity index (χ0) is 15.1. The van der Waals surface area contributed by atoms with E-state index in [2.05, 4.69) is 20.5 Å². The standard InChI is InChI=1S/C14H24N4OS/c1-10-8-11(2)17-13(19)12(10)9-16-14(20)15-6-5-7-18(3)4/h8H,5-7,9H2,1-4H3,(H,17,19)(H2,15,16,20). The van der Waals surface area contributed by atoms with Gasteiger partial charge in [-0.15, -0.1) is 0 Å². The van der Waals surface area contributed by atoms with Gasteiger partial charge in [0, 0.05) is 24.3 Å². The maximum atomic E-state index is 11.8. The number of aromatic nitrogens is 1. The molecule has 112 valence electrons. The number of aromatic amines is 1. The molecule has 0 saturated carbocycles. The van der Waals surface area contributed by atoms with Crippen molar-refractivity contribution in [1.29, 1.82) is 0 Å². The van der Waals surface area contributed by atoms with E-state index in [4.69, 9.17) is 12.2 Å². The van der Waals surface area contributed by atoms with Gasteiger partial charge in [-0.2, -0.15) is 0 Å². The summed E-state index contributed by atoms with van der Waals surface area (Å²) >= 11 is 5.20.